The molecule has 0 radical (unpaired) electrons. The molecule has 0 unspecified atom stereocenters. The van der Waals surface area contributed by atoms with E-state index in [-0.39, 0.29) is 18.2 Å². The van der Waals surface area contributed by atoms with Gasteiger partial charge in [-0.05, 0) is 18.9 Å². The van der Waals surface area contributed by atoms with Crippen molar-refractivity contribution < 1.29 is 14.3 Å². The summed E-state index contributed by atoms with van der Waals surface area (Å²) in [5, 5.41) is 13.1. The lowest BCUT2D eigenvalue weighted by Gasteiger charge is -2.10. The van der Waals surface area contributed by atoms with E-state index in [2.05, 4.69) is 31.0 Å². The van der Waals surface area contributed by atoms with Crippen molar-refractivity contribution in [2.45, 2.75) is 25.3 Å². The number of anilines is 2. The van der Waals surface area contributed by atoms with Gasteiger partial charge in [-0.25, -0.2) is 0 Å². The molecule has 1 saturated heterocycles. The Kier molecular flexibility index (Phi) is 4.25. The van der Waals surface area contributed by atoms with Gasteiger partial charge in [0.25, 0.3) is 5.91 Å². The predicted octanol–water partition coefficient (Wildman–Crippen LogP) is 0.187. The second-order valence-corrected chi connectivity index (χ2v) is 6.27. The van der Waals surface area contributed by atoms with E-state index >= 15 is 0 Å². The predicted molar refractivity (Wildman–Crippen MR) is 93.5 cm³/mol. The van der Waals surface area contributed by atoms with Crippen molar-refractivity contribution in [3.05, 3.63) is 17.3 Å². The van der Waals surface area contributed by atoms with E-state index in [0.29, 0.717) is 47.9 Å². The zero-order valence-corrected chi connectivity index (χ0v) is 14.3. The molecule has 0 aromatic carbocycles. The first-order chi connectivity index (χ1) is 12.6. The minimum absolute atomic E-state index is 0.0629. The van der Waals surface area contributed by atoms with Gasteiger partial charge in [-0.1, -0.05) is 0 Å². The van der Waals surface area contributed by atoms with E-state index < -0.39 is 0 Å². The van der Waals surface area contributed by atoms with Gasteiger partial charge in [-0.15, -0.1) is 0 Å². The number of imide groups is 1. The summed E-state index contributed by atoms with van der Waals surface area (Å²) in [6.07, 6.45) is 5.52. The number of aromatic nitrogens is 4. The molecule has 2 fully saturated rings. The lowest BCUT2D eigenvalue weighted by molar-refractivity contribution is -0.124. The van der Waals surface area contributed by atoms with Crippen LogP contribution in [-0.2, 0) is 14.3 Å². The highest BCUT2D eigenvalue weighted by molar-refractivity contribution is 6.15. The van der Waals surface area contributed by atoms with E-state index in [0.717, 1.165) is 12.8 Å². The van der Waals surface area contributed by atoms with Crippen LogP contribution in [0.2, 0.25) is 0 Å². The summed E-state index contributed by atoms with van der Waals surface area (Å²) >= 11 is 0. The largest absolute Gasteiger partial charge is 0.383 e. The summed E-state index contributed by atoms with van der Waals surface area (Å²) in [5.41, 5.74) is 1.61. The molecular formula is C16H19N7O3. The third-order valence-electron chi connectivity index (χ3n) is 4.12. The number of nitrogens with one attached hydrogen (secondary N) is 3. The molecule has 1 aliphatic carbocycles. The van der Waals surface area contributed by atoms with Crippen LogP contribution in [0.1, 0.15) is 24.8 Å². The minimum atomic E-state index is -0.377. The van der Waals surface area contributed by atoms with E-state index in [1.165, 1.54) is 0 Å². The monoisotopic (exact) mass is 357 g/mol. The molecular weight excluding hydrogens is 338 g/mol. The summed E-state index contributed by atoms with van der Waals surface area (Å²) < 4.78 is 6.65. The molecule has 1 saturated carbocycles. The van der Waals surface area contributed by atoms with Crippen LogP contribution >= 0.6 is 0 Å². The standard InChI is InChI=1S/C16H19N7O3/c1-26-5-4-17-15-21-13-10(6-9-7-12(24)20-14(9)25)8-18-23(13)16(22-15)19-11-2-3-11/h6,8,11H,2-5,7H2,1H3,(H,20,24,25)(H2,17,19,21,22). The van der Waals surface area contributed by atoms with Crippen molar-refractivity contribution >= 4 is 35.4 Å². The van der Waals surface area contributed by atoms with Crippen LogP contribution in [0.15, 0.2) is 11.8 Å². The zero-order valence-electron chi connectivity index (χ0n) is 14.3. The molecule has 3 heterocycles. The number of rotatable bonds is 7. The Balaban J connectivity index is 1.71. The minimum Gasteiger partial charge on any atom is -0.383 e. The van der Waals surface area contributed by atoms with Gasteiger partial charge in [0.1, 0.15) is 0 Å². The average molecular weight is 357 g/mol. The topological polar surface area (TPSA) is 123 Å². The molecule has 2 aromatic heterocycles. The molecule has 4 rings (SSSR count). The maximum absolute atomic E-state index is 11.8. The van der Waals surface area contributed by atoms with Crippen LogP contribution in [0.4, 0.5) is 11.9 Å². The van der Waals surface area contributed by atoms with Gasteiger partial charge in [0.2, 0.25) is 17.8 Å². The molecule has 10 heteroatoms. The Morgan fingerprint density at radius 2 is 2.23 bits per heavy atom. The van der Waals surface area contributed by atoms with Gasteiger partial charge < -0.3 is 15.4 Å². The highest BCUT2D eigenvalue weighted by Gasteiger charge is 2.26. The molecule has 0 spiro atoms. The number of hydrogen-bond donors (Lipinski definition) is 3. The number of nitrogens with zero attached hydrogens (tertiary/aromatic N) is 4. The Hall–Kier alpha value is -3.01. The fourth-order valence-corrected chi connectivity index (χ4v) is 2.65. The molecule has 26 heavy (non-hydrogen) atoms. The number of amides is 2. The Morgan fingerprint density at radius 1 is 1.38 bits per heavy atom. The maximum atomic E-state index is 11.8. The van der Waals surface area contributed by atoms with E-state index in [9.17, 15) is 9.59 Å². The van der Waals surface area contributed by atoms with E-state index in [1.54, 1.807) is 23.9 Å². The lowest BCUT2D eigenvalue weighted by atomic mass is 10.1. The third-order valence-corrected chi connectivity index (χ3v) is 4.12. The number of ether oxygens (including phenoxy) is 1. The molecule has 0 bridgehead atoms. The molecule has 2 amide bonds. The second kappa shape index (κ2) is 6.71. The number of fused-ring (bicyclic) bond motifs is 1. The van der Waals surface area contributed by atoms with Crippen molar-refractivity contribution in [2.24, 2.45) is 0 Å². The van der Waals surface area contributed by atoms with E-state index in [4.69, 9.17) is 4.74 Å². The van der Waals surface area contributed by atoms with Crippen LogP contribution in [0.25, 0.3) is 11.7 Å². The first kappa shape index (κ1) is 16.5. The summed E-state index contributed by atoms with van der Waals surface area (Å²) in [6.45, 7) is 1.09. The normalized spacial score (nSPS) is 18.6. The SMILES string of the molecule is COCCNc1nc(NC2CC2)n2ncc(C=C3CC(=O)NC3=O)c2n1. The van der Waals surface area contributed by atoms with Gasteiger partial charge in [-0.2, -0.15) is 19.6 Å². The number of methoxy groups -OCH3 is 1. The molecule has 2 aromatic rings. The highest BCUT2D eigenvalue weighted by Crippen LogP contribution is 2.26. The number of hydrogen-bond acceptors (Lipinski definition) is 8. The quantitative estimate of drug-likeness (QED) is 0.365. The molecule has 136 valence electrons. The van der Waals surface area contributed by atoms with Crippen LogP contribution in [-0.4, -0.2) is 57.7 Å². The van der Waals surface area contributed by atoms with Gasteiger partial charge in [0.15, 0.2) is 5.65 Å². The average Bonchev–Trinajstić information content (AvgIpc) is 3.24. The maximum Gasteiger partial charge on any atom is 0.254 e. The van der Waals surface area contributed by atoms with Crippen LogP contribution in [0, 0.1) is 0 Å². The molecule has 2 aliphatic rings. The Labute approximate surface area is 149 Å². The molecule has 1 aliphatic heterocycles. The fourth-order valence-electron chi connectivity index (χ4n) is 2.65. The van der Waals surface area contributed by atoms with E-state index in [1.807, 2.05) is 0 Å². The Bertz CT molecular complexity index is 901. The van der Waals surface area contributed by atoms with Crippen molar-refractivity contribution in [1.29, 1.82) is 0 Å². The van der Waals surface area contributed by atoms with Crippen molar-refractivity contribution in [2.75, 3.05) is 30.9 Å². The van der Waals surface area contributed by atoms with Gasteiger partial charge in [-0.3, -0.25) is 14.9 Å². The van der Waals surface area contributed by atoms with Crippen LogP contribution in [0.5, 0.6) is 0 Å². The second-order valence-electron chi connectivity index (χ2n) is 6.27. The fraction of sp³-hybridized carbons (Fsp3) is 0.438. The van der Waals surface area contributed by atoms with Gasteiger partial charge in [0, 0.05) is 30.8 Å². The smallest absolute Gasteiger partial charge is 0.254 e. The summed E-state index contributed by atoms with van der Waals surface area (Å²) in [6, 6.07) is 0.393. The van der Waals surface area contributed by atoms with Gasteiger partial charge >= 0.3 is 0 Å². The third kappa shape index (κ3) is 3.36. The highest BCUT2D eigenvalue weighted by atomic mass is 16.5. The van der Waals surface area contributed by atoms with Crippen LogP contribution < -0.4 is 16.0 Å². The zero-order chi connectivity index (χ0) is 18.1. The molecule has 0 atom stereocenters. The van der Waals surface area contributed by atoms with Gasteiger partial charge in [0.05, 0.1) is 19.2 Å². The first-order valence-electron chi connectivity index (χ1n) is 8.44. The summed E-state index contributed by atoms with van der Waals surface area (Å²) in [7, 11) is 1.63. The first-order valence-corrected chi connectivity index (χ1v) is 8.44. The molecule has 3 N–H and O–H groups in total. The number of carbonyl (C=O) groups excluding carboxylic acids is 2. The van der Waals surface area contributed by atoms with Crippen molar-refractivity contribution in [1.82, 2.24) is 24.9 Å². The van der Waals surface area contributed by atoms with Crippen molar-refractivity contribution in [3.8, 4) is 0 Å². The summed E-state index contributed by atoms with van der Waals surface area (Å²) in [5.74, 6) is 0.363. The lowest BCUT2D eigenvalue weighted by Crippen LogP contribution is -2.19. The molecule has 10 nitrogen and oxygen atoms in total. The summed E-state index contributed by atoms with van der Waals surface area (Å²) in [4.78, 5) is 32.2. The van der Waals surface area contributed by atoms with Crippen LogP contribution in [0.3, 0.4) is 0 Å². The van der Waals surface area contributed by atoms with Crippen molar-refractivity contribution in [3.63, 3.8) is 0 Å². The Morgan fingerprint density at radius 3 is 2.92 bits per heavy atom. The number of carbonyl (C=O) groups is 2.